The molecule has 0 spiro atoms. The fourth-order valence-electron chi connectivity index (χ4n) is 0.373. The molecule has 0 fully saturated rings. The SMILES string of the molecule is C=CC(=O)OCOCCN=C=O. The molecule has 0 aliphatic carbocycles. The maximum Gasteiger partial charge on any atom is 0.332 e. The number of ether oxygens (including phenoxy) is 2. The molecule has 0 saturated heterocycles. The van der Waals surface area contributed by atoms with Gasteiger partial charge < -0.3 is 9.47 Å². The van der Waals surface area contributed by atoms with Crippen LogP contribution in [0.3, 0.4) is 0 Å². The van der Waals surface area contributed by atoms with E-state index >= 15 is 0 Å². The predicted molar refractivity (Wildman–Crippen MR) is 40.1 cm³/mol. The Hall–Kier alpha value is -1.45. The first kappa shape index (κ1) is 10.6. The molecule has 0 radical (unpaired) electrons. The Kier molecular flexibility index (Phi) is 6.73. The van der Waals surface area contributed by atoms with Gasteiger partial charge in [-0.1, -0.05) is 6.58 Å². The molecule has 0 N–H and O–H groups in total. The molecule has 0 rings (SSSR count). The monoisotopic (exact) mass is 171 g/mol. The van der Waals surface area contributed by atoms with Gasteiger partial charge in [-0.25, -0.2) is 14.6 Å². The van der Waals surface area contributed by atoms with E-state index in [9.17, 15) is 9.59 Å². The number of aliphatic imine (C=N–C) groups is 1. The molecule has 5 heteroatoms. The molecular weight excluding hydrogens is 162 g/mol. The first-order valence-corrected chi connectivity index (χ1v) is 3.22. The molecule has 66 valence electrons. The minimum atomic E-state index is -0.547. The van der Waals surface area contributed by atoms with E-state index in [1.165, 1.54) is 6.08 Å². The second-order valence-electron chi connectivity index (χ2n) is 1.67. The van der Waals surface area contributed by atoms with Crippen LogP contribution in [0.4, 0.5) is 0 Å². The van der Waals surface area contributed by atoms with Gasteiger partial charge in [-0.15, -0.1) is 0 Å². The van der Waals surface area contributed by atoms with Crippen molar-refractivity contribution in [1.82, 2.24) is 0 Å². The number of rotatable bonds is 6. The number of hydrogen-bond donors (Lipinski definition) is 0. The Morgan fingerprint density at radius 1 is 1.67 bits per heavy atom. The molecule has 0 aliphatic heterocycles. The van der Waals surface area contributed by atoms with Gasteiger partial charge in [-0.05, 0) is 0 Å². The summed E-state index contributed by atoms with van der Waals surface area (Å²) in [6.07, 6.45) is 2.38. The fourth-order valence-corrected chi connectivity index (χ4v) is 0.373. The molecule has 0 atom stereocenters. The highest BCUT2D eigenvalue weighted by atomic mass is 16.7. The lowest BCUT2D eigenvalue weighted by molar-refractivity contribution is -0.149. The molecule has 0 unspecified atom stereocenters. The topological polar surface area (TPSA) is 65.0 Å². The Morgan fingerprint density at radius 2 is 2.42 bits per heavy atom. The van der Waals surface area contributed by atoms with Crippen molar-refractivity contribution in [2.45, 2.75) is 0 Å². The van der Waals surface area contributed by atoms with Crippen molar-refractivity contribution in [2.24, 2.45) is 4.99 Å². The van der Waals surface area contributed by atoms with Gasteiger partial charge in [-0.2, -0.15) is 0 Å². The molecule has 0 aromatic rings. The van der Waals surface area contributed by atoms with Gasteiger partial charge in [0.2, 0.25) is 6.08 Å². The van der Waals surface area contributed by atoms with Crippen LogP contribution >= 0.6 is 0 Å². The number of carbonyl (C=O) groups excluding carboxylic acids is 2. The van der Waals surface area contributed by atoms with Crippen molar-refractivity contribution in [3.8, 4) is 0 Å². The second-order valence-corrected chi connectivity index (χ2v) is 1.67. The van der Waals surface area contributed by atoms with Crippen LogP contribution < -0.4 is 0 Å². The molecule has 0 aliphatic rings. The van der Waals surface area contributed by atoms with Crippen LogP contribution in [0.5, 0.6) is 0 Å². The molecule has 0 aromatic carbocycles. The van der Waals surface area contributed by atoms with E-state index in [0.29, 0.717) is 0 Å². The van der Waals surface area contributed by atoms with Crippen molar-refractivity contribution in [3.05, 3.63) is 12.7 Å². The molecule has 12 heavy (non-hydrogen) atoms. The normalized spacial score (nSPS) is 8.33. The highest BCUT2D eigenvalue weighted by Gasteiger charge is 1.93. The van der Waals surface area contributed by atoms with Crippen LogP contribution in [0.2, 0.25) is 0 Å². The third-order valence-corrected chi connectivity index (χ3v) is 0.863. The molecular formula is C7H9NO4. The Labute approximate surface area is 69.7 Å². The van der Waals surface area contributed by atoms with Crippen LogP contribution in [0, 0.1) is 0 Å². The zero-order valence-corrected chi connectivity index (χ0v) is 6.49. The minimum absolute atomic E-state index is 0.154. The Balaban J connectivity index is 3.15. The smallest absolute Gasteiger partial charge is 0.332 e. The van der Waals surface area contributed by atoms with Gasteiger partial charge in [0.05, 0.1) is 13.2 Å². The van der Waals surface area contributed by atoms with Crippen LogP contribution in [0.15, 0.2) is 17.6 Å². The molecule has 5 nitrogen and oxygen atoms in total. The maximum atomic E-state index is 10.4. The second kappa shape index (κ2) is 7.65. The Morgan fingerprint density at radius 3 is 3.00 bits per heavy atom. The fraction of sp³-hybridized carbons (Fsp3) is 0.429. The summed E-state index contributed by atoms with van der Waals surface area (Å²) in [5.74, 6) is -0.547. The third kappa shape index (κ3) is 6.67. The summed E-state index contributed by atoms with van der Waals surface area (Å²) < 4.78 is 9.20. The van der Waals surface area contributed by atoms with Gasteiger partial charge in [-0.3, -0.25) is 0 Å². The number of nitrogens with zero attached hydrogens (tertiary/aromatic N) is 1. The molecule has 0 bridgehead atoms. The average molecular weight is 171 g/mol. The predicted octanol–water partition coefficient (Wildman–Crippen LogP) is 0.0255. The van der Waals surface area contributed by atoms with Crippen molar-refractivity contribution >= 4 is 12.0 Å². The molecule has 0 amide bonds. The van der Waals surface area contributed by atoms with Gasteiger partial charge >= 0.3 is 5.97 Å². The van der Waals surface area contributed by atoms with Gasteiger partial charge in [0.1, 0.15) is 0 Å². The quantitative estimate of drug-likeness (QED) is 0.141. The summed E-state index contributed by atoms with van der Waals surface area (Å²) in [5, 5.41) is 0. The summed E-state index contributed by atoms with van der Waals surface area (Å²) in [4.78, 5) is 23.2. The summed E-state index contributed by atoms with van der Waals surface area (Å²) in [7, 11) is 0. The Bertz CT molecular complexity index is 196. The standard InChI is InChI=1S/C7H9NO4/c1-2-7(10)12-6-11-4-3-8-5-9/h2H,1,3-4,6H2. The van der Waals surface area contributed by atoms with E-state index in [-0.39, 0.29) is 19.9 Å². The average Bonchev–Trinajstić information content (AvgIpc) is 2.10. The van der Waals surface area contributed by atoms with Gasteiger partial charge in [0.15, 0.2) is 6.79 Å². The van der Waals surface area contributed by atoms with Gasteiger partial charge in [0.25, 0.3) is 0 Å². The van der Waals surface area contributed by atoms with E-state index < -0.39 is 5.97 Å². The summed E-state index contributed by atoms with van der Waals surface area (Å²) in [6.45, 7) is 3.47. The number of isocyanates is 1. The van der Waals surface area contributed by atoms with Crippen LogP contribution in [-0.2, 0) is 19.1 Å². The van der Waals surface area contributed by atoms with Gasteiger partial charge in [0, 0.05) is 6.08 Å². The van der Waals surface area contributed by atoms with E-state index in [0.717, 1.165) is 6.08 Å². The maximum absolute atomic E-state index is 10.4. The van der Waals surface area contributed by atoms with Crippen molar-refractivity contribution in [1.29, 1.82) is 0 Å². The summed E-state index contributed by atoms with van der Waals surface area (Å²) in [5.41, 5.74) is 0. The van der Waals surface area contributed by atoms with Crippen molar-refractivity contribution < 1.29 is 19.1 Å². The van der Waals surface area contributed by atoms with E-state index in [1.807, 2.05) is 0 Å². The number of hydrogen-bond acceptors (Lipinski definition) is 5. The van der Waals surface area contributed by atoms with Crippen LogP contribution in [-0.4, -0.2) is 32.0 Å². The number of esters is 1. The molecule has 0 aromatic heterocycles. The lowest BCUT2D eigenvalue weighted by Gasteiger charge is -2.00. The lowest BCUT2D eigenvalue weighted by Crippen LogP contribution is -2.07. The highest BCUT2D eigenvalue weighted by Crippen LogP contribution is 1.81. The zero-order chi connectivity index (χ0) is 9.23. The van der Waals surface area contributed by atoms with Crippen LogP contribution in [0.1, 0.15) is 0 Å². The highest BCUT2D eigenvalue weighted by molar-refractivity contribution is 5.81. The first-order chi connectivity index (χ1) is 5.81. The van der Waals surface area contributed by atoms with Crippen molar-refractivity contribution in [3.63, 3.8) is 0 Å². The van der Waals surface area contributed by atoms with Crippen LogP contribution in [0.25, 0.3) is 0 Å². The molecule has 0 heterocycles. The van der Waals surface area contributed by atoms with E-state index in [1.54, 1.807) is 0 Å². The van der Waals surface area contributed by atoms with Crippen molar-refractivity contribution in [2.75, 3.05) is 19.9 Å². The van der Waals surface area contributed by atoms with E-state index in [4.69, 9.17) is 4.74 Å². The summed E-state index contributed by atoms with van der Waals surface area (Å²) >= 11 is 0. The number of carbonyl (C=O) groups is 1. The first-order valence-electron chi connectivity index (χ1n) is 3.22. The summed E-state index contributed by atoms with van der Waals surface area (Å²) in [6, 6.07) is 0. The largest absolute Gasteiger partial charge is 0.435 e. The lowest BCUT2D eigenvalue weighted by atomic mass is 10.7. The minimum Gasteiger partial charge on any atom is -0.435 e. The third-order valence-electron chi connectivity index (χ3n) is 0.863. The molecule has 0 saturated carbocycles. The van der Waals surface area contributed by atoms with E-state index in [2.05, 4.69) is 16.3 Å². The zero-order valence-electron chi connectivity index (χ0n) is 6.49.